The van der Waals surface area contributed by atoms with Crippen LogP contribution in [0.4, 0.5) is 4.39 Å². The highest BCUT2D eigenvalue weighted by molar-refractivity contribution is 9.10. The second-order valence-electron chi connectivity index (χ2n) is 2.34. The number of hydrogen-bond donors (Lipinski definition) is 1. The molecule has 13 heavy (non-hydrogen) atoms. The van der Waals surface area contributed by atoms with Crippen LogP contribution in [0.5, 0.6) is 0 Å². The van der Waals surface area contributed by atoms with Crippen molar-refractivity contribution in [2.75, 3.05) is 0 Å². The SMILES string of the molecule is Fc1c(Br)cccc1-c1nn[nH]n1. The van der Waals surface area contributed by atoms with Crippen LogP contribution in [0.1, 0.15) is 0 Å². The van der Waals surface area contributed by atoms with Crippen LogP contribution in [-0.2, 0) is 0 Å². The zero-order chi connectivity index (χ0) is 9.26. The molecule has 1 N–H and O–H groups in total. The summed E-state index contributed by atoms with van der Waals surface area (Å²) in [6.07, 6.45) is 0. The molecular formula is C7H4BrFN4. The molecule has 0 saturated heterocycles. The van der Waals surface area contributed by atoms with E-state index in [4.69, 9.17) is 0 Å². The highest BCUT2D eigenvalue weighted by Gasteiger charge is 2.10. The quantitative estimate of drug-likeness (QED) is 0.830. The molecule has 0 fully saturated rings. The fourth-order valence-corrected chi connectivity index (χ4v) is 1.32. The summed E-state index contributed by atoms with van der Waals surface area (Å²) in [5.41, 5.74) is 0.322. The molecule has 66 valence electrons. The molecule has 0 radical (unpaired) electrons. The number of rotatable bonds is 1. The minimum atomic E-state index is -0.385. The van der Waals surface area contributed by atoms with Gasteiger partial charge in [-0.1, -0.05) is 6.07 Å². The van der Waals surface area contributed by atoms with Gasteiger partial charge in [-0.05, 0) is 33.3 Å². The van der Waals surface area contributed by atoms with Gasteiger partial charge in [0.1, 0.15) is 5.82 Å². The molecule has 0 aliphatic heterocycles. The van der Waals surface area contributed by atoms with Crippen molar-refractivity contribution in [3.05, 3.63) is 28.5 Å². The Kier molecular flexibility index (Phi) is 2.05. The molecule has 0 bridgehead atoms. The predicted molar refractivity (Wildman–Crippen MR) is 47.3 cm³/mol. The van der Waals surface area contributed by atoms with E-state index in [2.05, 4.69) is 36.6 Å². The van der Waals surface area contributed by atoms with Gasteiger partial charge in [0.2, 0.25) is 5.82 Å². The molecule has 0 spiro atoms. The Morgan fingerprint density at radius 3 is 2.92 bits per heavy atom. The van der Waals surface area contributed by atoms with Crippen LogP contribution in [0.25, 0.3) is 11.4 Å². The van der Waals surface area contributed by atoms with Crippen molar-refractivity contribution in [1.82, 2.24) is 20.6 Å². The number of hydrogen-bond acceptors (Lipinski definition) is 3. The molecule has 4 nitrogen and oxygen atoms in total. The van der Waals surface area contributed by atoms with Crippen LogP contribution in [0.2, 0.25) is 0 Å². The van der Waals surface area contributed by atoms with E-state index < -0.39 is 0 Å². The molecule has 0 amide bonds. The molecule has 0 atom stereocenters. The molecule has 2 aromatic rings. The Labute approximate surface area is 81.3 Å². The Balaban J connectivity index is 2.59. The number of benzene rings is 1. The van der Waals surface area contributed by atoms with Crippen molar-refractivity contribution in [3.8, 4) is 11.4 Å². The number of nitrogens with one attached hydrogen (secondary N) is 1. The van der Waals surface area contributed by atoms with Gasteiger partial charge in [-0.25, -0.2) is 4.39 Å². The van der Waals surface area contributed by atoms with Crippen molar-refractivity contribution in [2.24, 2.45) is 0 Å². The lowest BCUT2D eigenvalue weighted by atomic mass is 10.2. The van der Waals surface area contributed by atoms with E-state index in [1.807, 2.05) is 0 Å². The molecule has 1 aromatic heterocycles. The third kappa shape index (κ3) is 1.44. The first-order valence-corrected chi connectivity index (χ1v) is 4.26. The number of aromatic nitrogens is 4. The van der Waals surface area contributed by atoms with Crippen LogP contribution in [0.3, 0.4) is 0 Å². The lowest BCUT2D eigenvalue weighted by Gasteiger charge is -1.98. The third-order valence-corrected chi connectivity index (χ3v) is 2.15. The second kappa shape index (κ2) is 3.21. The summed E-state index contributed by atoms with van der Waals surface area (Å²) in [7, 11) is 0. The average molecular weight is 243 g/mol. The molecule has 0 saturated carbocycles. The van der Waals surface area contributed by atoms with Crippen LogP contribution in [0.15, 0.2) is 22.7 Å². The number of halogens is 2. The minimum absolute atomic E-state index is 0.249. The van der Waals surface area contributed by atoms with Gasteiger partial charge in [0.15, 0.2) is 0 Å². The van der Waals surface area contributed by atoms with E-state index in [-0.39, 0.29) is 11.6 Å². The van der Waals surface area contributed by atoms with Crippen LogP contribution >= 0.6 is 15.9 Å². The summed E-state index contributed by atoms with van der Waals surface area (Å²) in [6, 6.07) is 4.91. The topological polar surface area (TPSA) is 54.5 Å². The molecule has 0 aliphatic carbocycles. The number of H-pyrrole nitrogens is 1. The molecule has 6 heteroatoms. The maximum Gasteiger partial charge on any atom is 0.207 e. The van der Waals surface area contributed by atoms with Gasteiger partial charge in [0.25, 0.3) is 0 Å². The molecule has 0 aliphatic rings. The Morgan fingerprint density at radius 2 is 2.23 bits per heavy atom. The Morgan fingerprint density at radius 1 is 1.38 bits per heavy atom. The monoisotopic (exact) mass is 242 g/mol. The van der Waals surface area contributed by atoms with Gasteiger partial charge in [-0.3, -0.25) is 0 Å². The lowest BCUT2D eigenvalue weighted by Crippen LogP contribution is -1.87. The maximum absolute atomic E-state index is 13.4. The first-order valence-electron chi connectivity index (χ1n) is 3.47. The van der Waals surface area contributed by atoms with Gasteiger partial charge in [-0.2, -0.15) is 5.21 Å². The fourth-order valence-electron chi connectivity index (χ4n) is 0.952. The lowest BCUT2D eigenvalue weighted by molar-refractivity contribution is 0.623. The summed E-state index contributed by atoms with van der Waals surface area (Å²) >= 11 is 3.07. The van der Waals surface area contributed by atoms with E-state index >= 15 is 0 Å². The van der Waals surface area contributed by atoms with Crippen LogP contribution in [-0.4, -0.2) is 20.6 Å². The summed E-state index contributed by atoms with van der Waals surface area (Å²) in [4.78, 5) is 0. The molecule has 1 heterocycles. The van der Waals surface area contributed by atoms with Crippen molar-refractivity contribution in [3.63, 3.8) is 0 Å². The predicted octanol–water partition coefficient (Wildman–Crippen LogP) is 1.77. The molecule has 2 rings (SSSR count). The van der Waals surface area contributed by atoms with Crippen LogP contribution in [0, 0.1) is 5.82 Å². The normalized spacial score (nSPS) is 10.3. The Hall–Kier alpha value is -1.30. The third-order valence-electron chi connectivity index (χ3n) is 1.54. The standard InChI is InChI=1S/C7H4BrFN4/c8-5-3-1-2-4(6(5)9)7-10-12-13-11-7/h1-3H,(H,10,11,12,13). The summed E-state index contributed by atoms with van der Waals surface area (Å²) in [5.74, 6) is -0.136. The smallest absolute Gasteiger partial charge is 0.205 e. The second-order valence-corrected chi connectivity index (χ2v) is 3.19. The van der Waals surface area contributed by atoms with Crippen molar-refractivity contribution in [1.29, 1.82) is 0 Å². The highest BCUT2D eigenvalue weighted by atomic mass is 79.9. The molecule has 0 unspecified atom stereocenters. The van der Waals surface area contributed by atoms with Crippen molar-refractivity contribution >= 4 is 15.9 Å². The van der Waals surface area contributed by atoms with Gasteiger partial charge >= 0.3 is 0 Å². The molecule has 1 aromatic carbocycles. The van der Waals surface area contributed by atoms with E-state index in [0.29, 0.717) is 10.0 Å². The summed E-state index contributed by atoms with van der Waals surface area (Å²) in [6.45, 7) is 0. The van der Waals surface area contributed by atoms with Gasteiger partial charge in [0.05, 0.1) is 10.0 Å². The van der Waals surface area contributed by atoms with E-state index in [1.54, 1.807) is 18.2 Å². The maximum atomic E-state index is 13.4. The van der Waals surface area contributed by atoms with Gasteiger partial charge < -0.3 is 0 Å². The van der Waals surface area contributed by atoms with E-state index in [1.165, 1.54) is 0 Å². The highest BCUT2D eigenvalue weighted by Crippen LogP contribution is 2.24. The first kappa shape index (κ1) is 8.31. The van der Waals surface area contributed by atoms with E-state index in [0.717, 1.165) is 0 Å². The van der Waals surface area contributed by atoms with E-state index in [9.17, 15) is 4.39 Å². The fraction of sp³-hybridized carbons (Fsp3) is 0. The van der Waals surface area contributed by atoms with Crippen molar-refractivity contribution < 1.29 is 4.39 Å². The number of aromatic amines is 1. The largest absolute Gasteiger partial charge is 0.207 e. The number of nitrogens with zero attached hydrogens (tertiary/aromatic N) is 3. The first-order chi connectivity index (χ1) is 6.29. The average Bonchev–Trinajstić information content (AvgIpc) is 2.62. The summed E-state index contributed by atoms with van der Waals surface area (Å²) < 4.78 is 13.8. The minimum Gasteiger partial charge on any atom is -0.205 e. The number of tetrazole rings is 1. The molecular weight excluding hydrogens is 239 g/mol. The van der Waals surface area contributed by atoms with Gasteiger partial charge in [-0.15, -0.1) is 10.2 Å². The van der Waals surface area contributed by atoms with Crippen molar-refractivity contribution in [2.45, 2.75) is 0 Å². The van der Waals surface area contributed by atoms with Crippen LogP contribution < -0.4 is 0 Å². The zero-order valence-corrected chi connectivity index (χ0v) is 7.92. The van der Waals surface area contributed by atoms with Gasteiger partial charge in [0, 0.05) is 0 Å². The summed E-state index contributed by atoms with van der Waals surface area (Å²) in [5, 5.41) is 13.0. The zero-order valence-electron chi connectivity index (χ0n) is 6.33. The Bertz CT molecular complexity index is 414.